The SMILES string of the molecule is CC(C)CC(=O)N1CC[C@@H]2CNC[C@@H]2CC1.Cl. The fourth-order valence-corrected chi connectivity index (χ4v) is 2.95. The highest BCUT2D eigenvalue weighted by atomic mass is 35.5. The van der Waals surface area contributed by atoms with Crippen molar-refractivity contribution in [3.63, 3.8) is 0 Å². The monoisotopic (exact) mass is 260 g/mol. The predicted molar refractivity (Wildman–Crippen MR) is 72.4 cm³/mol. The normalized spacial score (nSPS) is 28.5. The summed E-state index contributed by atoms with van der Waals surface area (Å²) in [7, 11) is 0. The number of hydrogen-bond donors (Lipinski definition) is 1. The molecular formula is C13H25ClN2O. The third-order valence-corrected chi connectivity index (χ3v) is 3.95. The van der Waals surface area contributed by atoms with E-state index in [0.717, 1.165) is 38.0 Å². The first-order valence-electron chi connectivity index (χ1n) is 6.65. The molecule has 2 fully saturated rings. The third-order valence-electron chi connectivity index (χ3n) is 3.95. The Bertz CT molecular complexity index is 244. The quantitative estimate of drug-likeness (QED) is 0.823. The summed E-state index contributed by atoms with van der Waals surface area (Å²) in [5.74, 6) is 2.48. The van der Waals surface area contributed by atoms with Crippen LogP contribution in [0.3, 0.4) is 0 Å². The van der Waals surface area contributed by atoms with Crippen molar-refractivity contribution < 1.29 is 4.79 Å². The Morgan fingerprint density at radius 1 is 1.24 bits per heavy atom. The van der Waals surface area contributed by atoms with Crippen LogP contribution in [0, 0.1) is 17.8 Å². The molecule has 2 atom stereocenters. The maximum Gasteiger partial charge on any atom is 0.222 e. The van der Waals surface area contributed by atoms with Crippen molar-refractivity contribution in [1.29, 1.82) is 0 Å². The zero-order valence-electron chi connectivity index (χ0n) is 10.9. The van der Waals surface area contributed by atoms with Gasteiger partial charge in [-0.3, -0.25) is 4.79 Å². The molecule has 0 spiro atoms. The lowest BCUT2D eigenvalue weighted by Crippen LogP contribution is -2.33. The fourth-order valence-electron chi connectivity index (χ4n) is 2.95. The van der Waals surface area contributed by atoms with E-state index in [9.17, 15) is 4.79 Å². The molecule has 0 radical (unpaired) electrons. The number of likely N-dealkylation sites (tertiary alicyclic amines) is 1. The Morgan fingerprint density at radius 3 is 2.24 bits per heavy atom. The second-order valence-electron chi connectivity index (χ2n) is 5.73. The number of nitrogens with one attached hydrogen (secondary N) is 1. The van der Waals surface area contributed by atoms with E-state index in [0.29, 0.717) is 18.2 Å². The van der Waals surface area contributed by atoms with Crippen LogP contribution in [-0.4, -0.2) is 37.0 Å². The lowest BCUT2D eigenvalue weighted by atomic mass is 9.92. The zero-order chi connectivity index (χ0) is 11.5. The number of rotatable bonds is 2. The molecule has 2 aliphatic rings. The summed E-state index contributed by atoms with van der Waals surface area (Å²) in [5.41, 5.74) is 0. The van der Waals surface area contributed by atoms with Crippen LogP contribution in [0.5, 0.6) is 0 Å². The summed E-state index contributed by atoms with van der Waals surface area (Å²) >= 11 is 0. The third kappa shape index (κ3) is 3.85. The molecule has 2 rings (SSSR count). The lowest BCUT2D eigenvalue weighted by Gasteiger charge is -2.21. The summed E-state index contributed by atoms with van der Waals surface area (Å²) < 4.78 is 0. The van der Waals surface area contributed by atoms with Crippen molar-refractivity contribution in [2.45, 2.75) is 33.1 Å². The van der Waals surface area contributed by atoms with Crippen LogP contribution in [0.1, 0.15) is 33.1 Å². The number of fused-ring (bicyclic) bond motifs is 1. The van der Waals surface area contributed by atoms with E-state index in [4.69, 9.17) is 0 Å². The largest absolute Gasteiger partial charge is 0.343 e. The fraction of sp³-hybridized carbons (Fsp3) is 0.923. The van der Waals surface area contributed by atoms with Gasteiger partial charge in [0.15, 0.2) is 0 Å². The Labute approximate surface area is 111 Å². The summed E-state index contributed by atoms with van der Waals surface area (Å²) in [5, 5.41) is 3.46. The van der Waals surface area contributed by atoms with Crippen molar-refractivity contribution >= 4 is 18.3 Å². The van der Waals surface area contributed by atoms with Crippen LogP contribution in [0.4, 0.5) is 0 Å². The van der Waals surface area contributed by atoms with Gasteiger partial charge < -0.3 is 10.2 Å². The van der Waals surface area contributed by atoms with Gasteiger partial charge in [0.2, 0.25) is 5.91 Å². The first-order valence-corrected chi connectivity index (χ1v) is 6.65. The van der Waals surface area contributed by atoms with Gasteiger partial charge >= 0.3 is 0 Å². The second-order valence-corrected chi connectivity index (χ2v) is 5.73. The van der Waals surface area contributed by atoms with Crippen molar-refractivity contribution in [2.75, 3.05) is 26.2 Å². The van der Waals surface area contributed by atoms with Gasteiger partial charge in [-0.05, 0) is 43.7 Å². The molecule has 0 aromatic rings. The van der Waals surface area contributed by atoms with E-state index < -0.39 is 0 Å². The van der Waals surface area contributed by atoms with Crippen LogP contribution in [-0.2, 0) is 4.79 Å². The van der Waals surface area contributed by atoms with Gasteiger partial charge in [-0.25, -0.2) is 0 Å². The Kier molecular flexibility index (Phi) is 5.74. The number of carbonyl (C=O) groups is 1. The molecular weight excluding hydrogens is 236 g/mol. The Hall–Kier alpha value is -0.280. The van der Waals surface area contributed by atoms with E-state index in [1.165, 1.54) is 12.8 Å². The number of nitrogens with zero attached hydrogens (tertiary/aromatic N) is 1. The van der Waals surface area contributed by atoms with Crippen molar-refractivity contribution in [3.05, 3.63) is 0 Å². The lowest BCUT2D eigenvalue weighted by molar-refractivity contribution is -0.131. The molecule has 0 unspecified atom stereocenters. The van der Waals surface area contributed by atoms with Crippen molar-refractivity contribution in [1.82, 2.24) is 10.2 Å². The molecule has 1 N–H and O–H groups in total. The Morgan fingerprint density at radius 2 is 1.76 bits per heavy atom. The van der Waals surface area contributed by atoms with Gasteiger partial charge in [0, 0.05) is 19.5 Å². The number of halogens is 1. The molecule has 2 heterocycles. The summed E-state index contributed by atoms with van der Waals surface area (Å²) in [6.07, 6.45) is 3.11. The van der Waals surface area contributed by atoms with Gasteiger partial charge in [-0.1, -0.05) is 13.8 Å². The smallest absolute Gasteiger partial charge is 0.222 e. The van der Waals surface area contributed by atoms with Gasteiger partial charge in [0.1, 0.15) is 0 Å². The van der Waals surface area contributed by atoms with E-state index in [1.54, 1.807) is 0 Å². The molecule has 17 heavy (non-hydrogen) atoms. The highest BCUT2D eigenvalue weighted by molar-refractivity contribution is 5.85. The zero-order valence-corrected chi connectivity index (χ0v) is 11.8. The topological polar surface area (TPSA) is 32.3 Å². The molecule has 4 heteroatoms. The second kappa shape index (κ2) is 6.60. The van der Waals surface area contributed by atoms with E-state index >= 15 is 0 Å². The average Bonchev–Trinajstić information content (AvgIpc) is 2.56. The molecule has 0 bridgehead atoms. The molecule has 0 aromatic carbocycles. The maximum atomic E-state index is 12.0. The summed E-state index contributed by atoms with van der Waals surface area (Å²) in [6, 6.07) is 0. The van der Waals surface area contributed by atoms with Crippen LogP contribution >= 0.6 is 12.4 Å². The van der Waals surface area contributed by atoms with Gasteiger partial charge in [0.25, 0.3) is 0 Å². The number of carbonyl (C=O) groups excluding carboxylic acids is 1. The Balaban J connectivity index is 0.00000144. The standard InChI is InChI=1S/C13H24N2O.ClH/c1-10(2)7-13(16)15-5-3-11-8-14-9-12(11)4-6-15;/h10-12,14H,3-9H2,1-2H3;1H/t11-,12+;. The minimum absolute atomic E-state index is 0. The molecule has 3 nitrogen and oxygen atoms in total. The average molecular weight is 261 g/mol. The van der Waals surface area contributed by atoms with E-state index in [1.807, 2.05) is 0 Å². The minimum atomic E-state index is 0. The van der Waals surface area contributed by atoms with Gasteiger partial charge in [0.05, 0.1) is 0 Å². The summed E-state index contributed by atoms with van der Waals surface area (Å²) in [4.78, 5) is 14.1. The summed E-state index contributed by atoms with van der Waals surface area (Å²) in [6.45, 7) is 8.53. The molecule has 0 saturated carbocycles. The van der Waals surface area contributed by atoms with Gasteiger partial charge in [-0.15, -0.1) is 12.4 Å². The molecule has 2 aliphatic heterocycles. The van der Waals surface area contributed by atoms with Crippen molar-refractivity contribution in [2.24, 2.45) is 17.8 Å². The molecule has 100 valence electrons. The van der Waals surface area contributed by atoms with Gasteiger partial charge in [-0.2, -0.15) is 0 Å². The molecule has 0 aromatic heterocycles. The number of amides is 1. The van der Waals surface area contributed by atoms with E-state index in [2.05, 4.69) is 24.1 Å². The maximum absolute atomic E-state index is 12.0. The van der Waals surface area contributed by atoms with E-state index in [-0.39, 0.29) is 12.4 Å². The van der Waals surface area contributed by atoms with Crippen LogP contribution in [0.25, 0.3) is 0 Å². The van der Waals surface area contributed by atoms with Crippen LogP contribution < -0.4 is 5.32 Å². The first kappa shape index (κ1) is 14.8. The van der Waals surface area contributed by atoms with Crippen LogP contribution in [0.15, 0.2) is 0 Å². The van der Waals surface area contributed by atoms with Crippen LogP contribution in [0.2, 0.25) is 0 Å². The molecule has 1 amide bonds. The molecule has 2 saturated heterocycles. The number of hydrogen-bond acceptors (Lipinski definition) is 2. The van der Waals surface area contributed by atoms with Crippen molar-refractivity contribution in [3.8, 4) is 0 Å². The highest BCUT2D eigenvalue weighted by Gasteiger charge is 2.31. The minimum Gasteiger partial charge on any atom is -0.343 e. The first-order chi connectivity index (χ1) is 7.66. The predicted octanol–water partition coefficient (Wildman–Crippen LogP) is 1.91. The molecule has 0 aliphatic carbocycles. The highest BCUT2D eigenvalue weighted by Crippen LogP contribution is 2.27.